The van der Waals surface area contributed by atoms with Gasteiger partial charge in [-0.2, -0.15) is 0 Å². The van der Waals surface area contributed by atoms with Gasteiger partial charge in [0.25, 0.3) is 0 Å². The Balaban J connectivity index is 1.56. The van der Waals surface area contributed by atoms with Crippen LogP contribution >= 0.6 is 23.2 Å². The molecule has 4 atom stereocenters. The number of nitrogens with one attached hydrogen (secondary N) is 1. The summed E-state index contributed by atoms with van der Waals surface area (Å²) in [6, 6.07) is 7.06. The zero-order valence-electron chi connectivity index (χ0n) is 17.0. The molecule has 32 heavy (non-hydrogen) atoms. The summed E-state index contributed by atoms with van der Waals surface area (Å²) in [5.74, 6) is -3.33. The van der Waals surface area contributed by atoms with Crippen LogP contribution in [0.2, 0.25) is 10.0 Å². The van der Waals surface area contributed by atoms with E-state index in [1.807, 2.05) is 11.8 Å². The van der Waals surface area contributed by atoms with E-state index in [0.29, 0.717) is 22.8 Å². The number of hydrogen-bond acceptors (Lipinski definition) is 4. The van der Waals surface area contributed by atoms with Gasteiger partial charge < -0.3 is 5.32 Å². The highest BCUT2D eigenvalue weighted by Crippen LogP contribution is 2.61. The van der Waals surface area contributed by atoms with Crippen LogP contribution in [0.15, 0.2) is 30.3 Å². The Morgan fingerprint density at radius 1 is 1.09 bits per heavy atom. The number of rotatable bonds is 1. The average Bonchev–Trinajstić information content (AvgIpc) is 3.46. The fourth-order valence-corrected chi connectivity index (χ4v) is 6.60. The predicted molar refractivity (Wildman–Crippen MR) is 117 cm³/mol. The SMILES string of the molecule is Cc1c(Cl)ccc2c1NC(=O)[C@@]21[C@@H]2C(=O)N(c3ccc(F)c(Cl)c3)C(=O)[C@H]2[C@H]2CCCN21. The molecule has 3 fully saturated rings. The second kappa shape index (κ2) is 6.53. The topological polar surface area (TPSA) is 69.7 Å². The predicted octanol–water partition coefficient (Wildman–Crippen LogP) is 3.87. The Morgan fingerprint density at radius 2 is 1.88 bits per heavy atom. The highest BCUT2D eigenvalue weighted by Gasteiger charge is 2.74. The van der Waals surface area contributed by atoms with Crippen molar-refractivity contribution in [1.29, 1.82) is 0 Å². The van der Waals surface area contributed by atoms with Gasteiger partial charge in [0.15, 0.2) is 0 Å². The lowest BCUT2D eigenvalue weighted by Gasteiger charge is -2.36. The molecule has 3 amide bonds. The molecule has 4 aliphatic heterocycles. The minimum Gasteiger partial charge on any atom is -0.324 e. The smallest absolute Gasteiger partial charge is 0.250 e. The number of amides is 3. The van der Waals surface area contributed by atoms with Crippen molar-refractivity contribution in [2.24, 2.45) is 11.8 Å². The van der Waals surface area contributed by atoms with Crippen molar-refractivity contribution in [3.8, 4) is 0 Å². The van der Waals surface area contributed by atoms with E-state index in [4.69, 9.17) is 23.2 Å². The van der Waals surface area contributed by atoms with Crippen LogP contribution in [-0.4, -0.2) is 35.2 Å². The molecule has 2 aromatic rings. The van der Waals surface area contributed by atoms with Gasteiger partial charge in [-0.1, -0.05) is 29.3 Å². The van der Waals surface area contributed by atoms with E-state index >= 15 is 0 Å². The second-order valence-electron chi connectivity index (χ2n) is 8.83. The highest BCUT2D eigenvalue weighted by atomic mass is 35.5. The van der Waals surface area contributed by atoms with Crippen LogP contribution < -0.4 is 10.2 Å². The first kappa shape index (κ1) is 20.1. The van der Waals surface area contributed by atoms with Gasteiger partial charge in [0, 0.05) is 16.6 Å². The van der Waals surface area contributed by atoms with Gasteiger partial charge in [-0.05, 0) is 56.1 Å². The summed E-state index contributed by atoms with van der Waals surface area (Å²) in [5, 5.41) is 3.30. The van der Waals surface area contributed by atoms with Crippen LogP contribution in [0.3, 0.4) is 0 Å². The molecule has 0 aliphatic carbocycles. The van der Waals surface area contributed by atoms with Crippen LogP contribution in [0, 0.1) is 24.6 Å². The molecular formula is C23H18Cl2FN3O3. The number of benzene rings is 2. The van der Waals surface area contributed by atoms with E-state index in [9.17, 15) is 18.8 Å². The summed E-state index contributed by atoms with van der Waals surface area (Å²) in [4.78, 5) is 44.2. The fourth-order valence-electron chi connectivity index (χ4n) is 6.27. The molecule has 1 spiro atoms. The molecule has 1 N–H and O–H groups in total. The van der Waals surface area contributed by atoms with E-state index in [1.54, 1.807) is 12.1 Å². The maximum absolute atomic E-state index is 13.8. The number of halogens is 3. The van der Waals surface area contributed by atoms with E-state index < -0.39 is 29.1 Å². The normalized spacial score (nSPS) is 30.8. The van der Waals surface area contributed by atoms with Gasteiger partial charge in [0.05, 0.1) is 28.2 Å². The van der Waals surface area contributed by atoms with Crippen LogP contribution in [0.4, 0.5) is 15.8 Å². The Hall–Kier alpha value is -2.48. The van der Waals surface area contributed by atoms with Gasteiger partial charge >= 0.3 is 0 Å². The summed E-state index contributed by atoms with van der Waals surface area (Å²) in [6.07, 6.45) is 1.55. The van der Waals surface area contributed by atoms with E-state index in [-0.39, 0.29) is 28.6 Å². The van der Waals surface area contributed by atoms with Gasteiger partial charge in [-0.25, -0.2) is 9.29 Å². The van der Waals surface area contributed by atoms with Crippen LogP contribution in [0.1, 0.15) is 24.0 Å². The lowest BCUT2D eigenvalue weighted by atomic mass is 9.75. The maximum atomic E-state index is 13.8. The van der Waals surface area contributed by atoms with Crippen LogP contribution in [0.5, 0.6) is 0 Å². The Kier molecular flexibility index (Phi) is 4.11. The quantitative estimate of drug-likeness (QED) is 0.638. The van der Waals surface area contributed by atoms with E-state index in [2.05, 4.69) is 5.32 Å². The summed E-state index contributed by atoms with van der Waals surface area (Å²) in [5.41, 5.74) is 0.960. The largest absolute Gasteiger partial charge is 0.324 e. The molecule has 9 heteroatoms. The van der Waals surface area contributed by atoms with Crippen LogP contribution in [-0.2, 0) is 19.9 Å². The third-order valence-corrected chi connectivity index (χ3v) is 8.22. The number of carbonyl (C=O) groups excluding carboxylic acids is 3. The standard InChI is InChI=1S/C23H18Cl2FN3O3/c1-10-13(24)6-5-12-19(10)27-22(32)23(12)18-17(16-3-2-8-28(16)23)20(30)29(21(18)31)11-4-7-15(26)14(25)9-11/h4-7,9,16-18H,2-3,8H2,1H3,(H,27,32)/t16-,17+,18+,23+/m1/s1. The highest BCUT2D eigenvalue weighted by molar-refractivity contribution is 6.33. The molecular weight excluding hydrogens is 456 g/mol. The van der Waals surface area contributed by atoms with Crippen molar-refractivity contribution < 1.29 is 18.8 Å². The van der Waals surface area contributed by atoms with Crippen molar-refractivity contribution in [2.45, 2.75) is 31.3 Å². The summed E-state index contributed by atoms with van der Waals surface area (Å²) in [6.45, 7) is 2.44. The van der Waals surface area contributed by atoms with E-state index in [1.165, 1.54) is 12.1 Å². The number of nitrogens with zero attached hydrogens (tertiary/aromatic N) is 2. The molecule has 3 saturated heterocycles. The lowest BCUT2D eigenvalue weighted by molar-refractivity contribution is -0.135. The molecule has 6 nitrogen and oxygen atoms in total. The molecule has 164 valence electrons. The maximum Gasteiger partial charge on any atom is 0.250 e. The molecule has 6 rings (SSSR count). The minimum atomic E-state index is -1.28. The van der Waals surface area contributed by atoms with Gasteiger partial charge in [-0.15, -0.1) is 0 Å². The molecule has 0 unspecified atom stereocenters. The summed E-state index contributed by atoms with van der Waals surface area (Å²) in [7, 11) is 0. The van der Waals surface area contributed by atoms with Gasteiger partial charge in [-0.3, -0.25) is 19.3 Å². The van der Waals surface area contributed by atoms with Gasteiger partial charge in [0.2, 0.25) is 17.7 Å². The van der Waals surface area contributed by atoms with E-state index in [0.717, 1.165) is 29.4 Å². The van der Waals surface area contributed by atoms with Crippen molar-refractivity contribution in [3.05, 3.63) is 57.3 Å². The second-order valence-corrected chi connectivity index (χ2v) is 9.65. The Morgan fingerprint density at radius 3 is 2.62 bits per heavy atom. The van der Waals surface area contributed by atoms with Crippen LogP contribution in [0.25, 0.3) is 0 Å². The Labute approximate surface area is 193 Å². The first-order valence-electron chi connectivity index (χ1n) is 10.5. The number of fused-ring (bicyclic) bond motifs is 7. The Bertz CT molecular complexity index is 1250. The first-order valence-corrected chi connectivity index (χ1v) is 11.2. The third-order valence-electron chi connectivity index (χ3n) is 7.52. The summed E-state index contributed by atoms with van der Waals surface area (Å²) < 4.78 is 13.7. The van der Waals surface area contributed by atoms with Gasteiger partial charge in [0.1, 0.15) is 11.4 Å². The zero-order chi connectivity index (χ0) is 22.5. The zero-order valence-corrected chi connectivity index (χ0v) is 18.5. The number of hydrogen-bond donors (Lipinski definition) is 1. The monoisotopic (exact) mass is 473 g/mol. The molecule has 0 bridgehead atoms. The number of imide groups is 1. The molecule has 2 aromatic carbocycles. The molecule has 0 radical (unpaired) electrons. The van der Waals surface area contributed by atoms with Crippen molar-refractivity contribution >= 4 is 52.3 Å². The lowest BCUT2D eigenvalue weighted by Crippen LogP contribution is -2.54. The van der Waals surface area contributed by atoms with Crippen molar-refractivity contribution in [1.82, 2.24) is 4.90 Å². The van der Waals surface area contributed by atoms with Crippen molar-refractivity contribution in [2.75, 3.05) is 16.8 Å². The first-order chi connectivity index (χ1) is 15.3. The minimum absolute atomic E-state index is 0.174. The third kappa shape index (κ3) is 2.21. The van der Waals surface area contributed by atoms with Crippen molar-refractivity contribution in [3.63, 3.8) is 0 Å². The molecule has 4 heterocycles. The summed E-state index contributed by atoms with van der Waals surface area (Å²) >= 11 is 12.2. The number of carbonyl (C=O) groups is 3. The number of anilines is 2. The molecule has 0 aromatic heterocycles. The molecule has 0 saturated carbocycles. The average molecular weight is 474 g/mol. The fraction of sp³-hybridized carbons (Fsp3) is 0.348. The molecule has 4 aliphatic rings.